The minimum absolute atomic E-state index is 0.296. The van der Waals surface area contributed by atoms with Crippen molar-refractivity contribution >= 4 is 20.7 Å². The highest BCUT2D eigenvalue weighted by Gasteiger charge is 2.34. The minimum Gasteiger partial charge on any atom is -0.218 e. The fourth-order valence-electron chi connectivity index (χ4n) is 2.85. The van der Waals surface area contributed by atoms with Crippen LogP contribution in [0, 0.1) is 5.82 Å². The quantitative estimate of drug-likeness (QED) is 0.518. The molecule has 3 aromatic carbocycles. The van der Waals surface area contributed by atoms with Gasteiger partial charge in [-0.05, 0) is 53.4 Å². The summed E-state index contributed by atoms with van der Waals surface area (Å²) in [5, 5.41) is 0. The fourth-order valence-corrected chi connectivity index (χ4v) is 7.89. The molecule has 0 atom stereocenters. The summed E-state index contributed by atoms with van der Waals surface area (Å²) in [6, 6.07) is 20.5. The molecular formula is C18H13FO2S2. The second-order valence-electron chi connectivity index (χ2n) is 5.25. The number of fused-ring (bicyclic) bond motifs is 2. The Morgan fingerprint density at radius 3 is 1.70 bits per heavy atom. The van der Waals surface area contributed by atoms with E-state index in [4.69, 9.17) is 0 Å². The molecule has 1 aliphatic rings. The maximum absolute atomic E-state index is 13.3. The summed E-state index contributed by atoms with van der Waals surface area (Å²) < 4.78 is 39.0. The van der Waals surface area contributed by atoms with Gasteiger partial charge in [0.15, 0.2) is 0 Å². The zero-order valence-electron chi connectivity index (χ0n) is 12.0. The summed E-state index contributed by atoms with van der Waals surface area (Å²) >= 11 is 0. The number of rotatable bonds is 1. The third-order valence-corrected chi connectivity index (χ3v) is 8.61. The van der Waals surface area contributed by atoms with Gasteiger partial charge in [-0.25, -0.2) is 12.8 Å². The first-order valence-electron chi connectivity index (χ1n) is 7.08. The first-order valence-corrected chi connectivity index (χ1v) is 9.90. The second-order valence-corrected chi connectivity index (χ2v) is 9.29. The lowest BCUT2D eigenvalue weighted by atomic mass is 10.3. The lowest BCUT2D eigenvalue weighted by molar-refractivity contribution is 0.590. The van der Waals surface area contributed by atoms with Gasteiger partial charge in [-0.15, -0.1) is 0 Å². The van der Waals surface area contributed by atoms with E-state index in [2.05, 4.69) is 0 Å². The van der Waals surface area contributed by atoms with E-state index in [0.29, 0.717) is 9.79 Å². The molecule has 23 heavy (non-hydrogen) atoms. The molecule has 0 aliphatic carbocycles. The van der Waals surface area contributed by atoms with Gasteiger partial charge in [0.25, 0.3) is 0 Å². The molecule has 4 rings (SSSR count). The van der Waals surface area contributed by atoms with Crippen LogP contribution in [0.3, 0.4) is 0 Å². The highest BCUT2D eigenvalue weighted by molar-refractivity contribution is 8.18. The van der Waals surface area contributed by atoms with Crippen LogP contribution in [0.15, 0.2) is 97.3 Å². The monoisotopic (exact) mass is 344 g/mol. The van der Waals surface area contributed by atoms with Gasteiger partial charge in [-0.2, -0.15) is 10.9 Å². The summed E-state index contributed by atoms with van der Waals surface area (Å²) in [6.07, 6.45) is 0. The highest BCUT2D eigenvalue weighted by Crippen LogP contribution is 2.59. The molecule has 0 aromatic heterocycles. The molecule has 0 N–H and O–H groups in total. The van der Waals surface area contributed by atoms with Crippen molar-refractivity contribution in [1.82, 2.24) is 0 Å². The Kier molecular flexibility index (Phi) is 3.28. The summed E-state index contributed by atoms with van der Waals surface area (Å²) in [5.74, 6) is -0.296. The van der Waals surface area contributed by atoms with E-state index in [1.165, 1.54) is 12.1 Å². The first kappa shape index (κ1) is 14.5. The summed E-state index contributed by atoms with van der Waals surface area (Å²) in [7, 11) is -4.52. The van der Waals surface area contributed by atoms with Crippen LogP contribution in [0.4, 0.5) is 4.39 Å². The molecule has 0 fully saturated rings. The van der Waals surface area contributed by atoms with E-state index >= 15 is 0 Å². The van der Waals surface area contributed by atoms with E-state index in [1.807, 2.05) is 24.3 Å². The molecule has 0 saturated heterocycles. The third kappa shape index (κ3) is 2.19. The number of thiol groups is 1. The van der Waals surface area contributed by atoms with Gasteiger partial charge in [0.2, 0.25) is 9.84 Å². The van der Waals surface area contributed by atoms with Crippen molar-refractivity contribution in [2.45, 2.75) is 24.5 Å². The normalized spacial score (nSPS) is 16.5. The van der Waals surface area contributed by atoms with E-state index in [1.54, 1.807) is 36.4 Å². The molecule has 0 radical (unpaired) electrons. The topological polar surface area (TPSA) is 34.1 Å². The van der Waals surface area contributed by atoms with Crippen molar-refractivity contribution in [2.24, 2.45) is 0 Å². The summed E-state index contributed by atoms with van der Waals surface area (Å²) in [4.78, 5) is 3.25. The lowest BCUT2D eigenvalue weighted by Crippen LogP contribution is -2.12. The molecule has 1 aliphatic heterocycles. The van der Waals surface area contributed by atoms with Crippen LogP contribution in [0.25, 0.3) is 0 Å². The van der Waals surface area contributed by atoms with E-state index < -0.39 is 20.7 Å². The van der Waals surface area contributed by atoms with Crippen LogP contribution in [-0.4, -0.2) is 8.42 Å². The van der Waals surface area contributed by atoms with Crippen molar-refractivity contribution < 1.29 is 12.8 Å². The molecular weight excluding hydrogens is 331 g/mol. The van der Waals surface area contributed by atoms with Crippen molar-refractivity contribution in [3.63, 3.8) is 0 Å². The molecule has 3 aromatic rings. The Bertz CT molecular complexity index is 942. The van der Waals surface area contributed by atoms with Gasteiger partial charge in [0, 0.05) is 9.79 Å². The molecule has 5 heteroatoms. The number of halogens is 1. The van der Waals surface area contributed by atoms with Crippen LogP contribution < -0.4 is 0 Å². The van der Waals surface area contributed by atoms with E-state index in [0.717, 1.165) is 14.7 Å². The van der Waals surface area contributed by atoms with Crippen LogP contribution in [0.1, 0.15) is 0 Å². The maximum atomic E-state index is 13.3. The number of sulfone groups is 1. The number of hydrogen-bond acceptors (Lipinski definition) is 2. The fraction of sp³-hybridized carbons (Fsp3) is 0. The third-order valence-electron chi connectivity index (χ3n) is 3.88. The molecule has 116 valence electrons. The highest BCUT2D eigenvalue weighted by atomic mass is 32.2. The Morgan fingerprint density at radius 2 is 1.17 bits per heavy atom. The summed E-state index contributed by atoms with van der Waals surface area (Å²) in [6.45, 7) is 0. The van der Waals surface area contributed by atoms with Gasteiger partial charge >= 0.3 is 0 Å². The molecule has 2 nitrogen and oxygen atoms in total. The van der Waals surface area contributed by atoms with E-state index in [-0.39, 0.29) is 5.82 Å². The van der Waals surface area contributed by atoms with Gasteiger partial charge < -0.3 is 0 Å². The number of benzene rings is 3. The van der Waals surface area contributed by atoms with Gasteiger partial charge in [0.1, 0.15) is 5.82 Å². The first-order chi connectivity index (χ1) is 11.1. The SMILES string of the molecule is O=S1(=O)c2ccccc2[SH](c2ccc(F)cc2)c2ccccc21. The molecule has 0 amide bonds. The predicted molar refractivity (Wildman–Crippen MR) is 88.5 cm³/mol. The standard InChI is InChI=1S/C18H13FO2S2/c19-13-9-11-14(12-10-13)22-15-5-1-3-7-17(15)23(20,21)18-8-4-2-6-16(18)22/h1-12,22H. The average Bonchev–Trinajstić information content (AvgIpc) is 2.57. The predicted octanol–water partition coefficient (Wildman–Crippen LogP) is 4.45. The van der Waals surface area contributed by atoms with Gasteiger partial charge in [-0.1, -0.05) is 24.3 Å². The smallest absolute Gasteiger partial charge is 0.208 e. The van der Waals surface area contributed by atoms with Crippen molar-refractivity contribution in [3.05, 3.63) is 78.6 Å². The zero-order chi connectivity index (χ0) is 16.0. The van der Waals surface area contributed by atoms with Crippen molar-refractivity contribution in [2.75, 3.05) is 0 Å². The van der Waals surface area contributed by atoms with Crippen molar-refractivity contribution in [3.8, 4) is 0 Å². The van der Waals surface area contributed by atoms with Crippen LogP contribution >= 0.6 is 10.9 Å². The molecule has 0 unspecified atom stereocenters. The molecule has 1 heterocycles. The summed E-state index contributed by atoms with van der Waals surface area (Å²) in [5.41, 5.74) is 0. The Labute approximate surface area is 136 Å². The Balaban J connectivity index is 2.06. The maximum Gasteiger partial charge on any atom is 0.208 e. The van der Waals surface area contributed by atoms with Crippen LogP contribution in [0.2, 0.25) is 0 Å². The molecule has 0 spiro atoms. The van der Waals surface area contributed by atoms with Crippen molar-refractivity contribution in [1.29, 1.82) is 0 Å². The Hall–Kier alpha value is -2.11. The second kappa shape index (κ2) is 5.22. The van der Waals surface area contributed by atoms with Crippen LogP contribution in [0.5, 0.6) is 0 Å². The Morgan fingerprint density at radius 1 is 0.696 bits per heavy atom. The van der Waals surface area contributed by atoms with E-state index in [9.17, 15) is 12.8 Å². The largest absolute Gasteiger partial charge is 0.218 e. The molecule has 0 bridgehead atoms. The zero-order valence-corrected chi connectivity index (χ0v) is 13.7. The van der Waals surface area contributed by atoms with Gasteiger partial charge in [0.05, 0.1) is 9.79 Å². The van der Waals surface area contributed by atoms with Gasteiger partial charge in [-0.3, -0.25) is 0 Å². The number of hydrogen-bond donors (Lipinski definition) is 1. The minimum atomic E-state index is -3.51. The van der Waals surface area contributed by atoms with Crippen LogP contribution in [-0.2, 0) is 9.84 Å². The molecule has 0 saturated carbocycles. The lowest BCUT2D eigenvalue weighted by Gasteiger charge is -2.31. The average molecular weight is 344 g/mol.